The predicted molar refractivity (Wildman–Crippen MR) is 96.6 cm³/mol. The van der Waals surface area contributed by atoms with Gasteiger partial charge in [-0.1, -0.05) is 24.3 Å². The second kappa shape index (κ2) is 6.93. The van der Waals surface area contributed by atoms with Crippen LogP contribution < -0.4 is 5.32 Å². The minimum absolute atomic E-state index is 0.0872. The number of nitrogens with one attached hydrogen (secondary N) is 1. The average Bonchev–Trinajstić information content (AvgIpc) is 3.03. The average molecular weight is 338 g/mol. The van der Waals surface area contributed by atoms with E-state index in [-0.39, 0.29) is 30.3 Å². The Morgan fingerprint density at radius 2 is 2.00 bits per heavy atom. The van der Waals surface area contributed by atoms with Crippen molar-refractivity contribution < 1.29 is 9.59 Å². The molecule has 0 radical (unpaired) electrons. The summed E-state index contributed by atoms with van der Waals surface area (Å²) in [5.74, 6) is 0.425. The van der Waals surface area contributed by atoms with Gasteiger partial charge in [0.1, 0.15) is 5.82 Å². The molecule has 25 heavy (non-hydrogen) atoms. The van der Waals surface area contributed by atoms with Gasteiger partial charge in [0, 0.05) is 25.2 Å². The molecule has 1 atom stereocenters. The van der Waals surface area contributed by atoms with Crippen LogP contribution in [0.3, 0.4) is 0 Å². The number of aromatic nitrogens is 2. The van der Waals surface area contributed by atoms with Crippen molar-refractivity contribution in [1.82, 2.24) is 14.7 Å². The van der Waals surface area contributed by atoms with Crippen LogP contribution in [-0.4, -0.2) is 26.5 Å². The van der Waals surface area contributed by atoms with Crippen molar-refractivity contribution >= 4 is 23.7 Å². The SMILES string of the molecule is CC(=O)N1C=Cc2ccccc2C1CC(=O)Nc1ccnn1C(C)C. The Kier molecular flexibility index (Phi) is 4.70. The molecule has 1 N–H and O–H groups in total. The van der Waals surface area contributed by atoms with Crippen LogP contribution >= 0.6 is 0 Å². The molecule has 1 aliphatic rings. The lowest BCUT2D eigenvalue weighted by molar-refractivity contribution is -0.129. The van der Waals surface area contributed by atoms with E-state index in [1.165, 1.54) is 6.92 Å². The standard InChI is InChI=1S/C19H22N4O2/c1-13(2)23-18(8-10-20-23)21-19(25)12-17-16-7-5-4-6-15(16)9-11-22(17)14(3)24/h4-11,13,17H,12H2,1-3H3,(H,21,25). The maximum atomic E-state index is 12.6. The number of carbonyl (C=O) groups excluding carboxylic acids is 2. The van der Waals surface area contributed by atoms with Gasteiger partial charge in [-0.3, -0.25) is 9.59 Å². The quantitative estimate of drug-likeness (QED) is 0.929. The van der Waals surface area contributed by atoms with Gasteiger partial charge < -0.3 is 10.2 Å². The van der Waals surface area contributed by atoms with Gasteiger partial charge in [0.2, 0.25) is 11.8 Å². The van der Waals surface area contributed by atoms with Crippen molar-refractivity contribution in [2.24, 2.45) is 0 Å². The van der Waals surface area contributed by atoms with Crippen LogP contribution in [0.2, 0.25) is 0 Å². The van der Waals surface area contributed by atoms with Crippen molar-refractivity contribution in [3.05, 3.63) is 53.9 Å². The van der Waals surface area contributed by atoms with E-state index in [2.05, 4.69) is 10.4 Å². The van der Waals surface area contributed by atoms with Crippen LogP contribution in [-0.2, 0) is 9.59 Å². The Bertz CT molecular complexity index is 822. The highest BCUT2D eigenvalue weighted by Crippen LogP contribution is 2.33. The van der Waals surface area contributed by atoms with Gasteiger partial charge in [0.05, 0.1) is 18.7 Å². The molecule has 2 heterocycles. The van der Waals surface area contributed by atoms with Gasteiger partial charge in [-0.15, -0.1) is 0 Å². The van der Waals surface area contributed by atoms with Crippen molar-refractivity contribution in [1.29, 1.82) is 0 Å². The summed E-state index contributed by atoms with van der Waals surface area (Å²) in [5.41, 5.74) is 2.01. The smallest absolute Gasteiger partial charge is 0.227 e. The molecule has 1 aromatic carbocycles. The molecule has 0 bridgehead atoms. The summed E-state index contributed by atoms with van der Waals surface area (Å²) in [4.78, 5) is 26.2. The zero-order valence-electron chi connectivity index (χ0n) is 14.6. The molecule has 130 valence electrons. The molecule has 1 aliphatic heterocycles. The summed E-state index contributed by atoms with van der Waals surface area (Å²) in [6, 6.07) is 9.44. The van der Waals surface area contributed by atoms with Crippen LogP contribution in [0.1, 0.15) is 50.4 Å². The minimum Gasteiger partial charge on any atom is -0.311 e. The number of fused-ring (bicyclic) bond motifs is 1. The number of nitrogens with zero attached hydrogens (tertiary/aromatic N) is 3. The Morgan fingerprint density at radius 3 is 2.72 bits per heavy atom. The summed E-state index contributed by atoms with van der Waals surface area (Å²) >= 11 is 0. The Morgan fingerprint density at radius 1 is 1.24 bits per heavy atom. The second-order valence-electron chi connectivity index (χ2n) is 6.39. The number of amides is 2. The first kappa shape index (κ1) is 17.0. The summed E-state index contributed by atoms with van der Waals surface area (Å²) in [6.45, 7) is 5.52. The van der Waals surface area contributed by atoms with Gasteiger partial charge in [-0.25, -0.2) is 4.68 Å². The fraction of sp³-hybridized carbons (Fsp3) is 0.316. The van der Waals surface area contributed by atoms with E-state index >= 15 is 0 Å². The highest BCUT2D eigenvalue weighted by molar-refractivity contribution is 5.91. The fourth-order valence-electron chi connectivity index (χ4n) is 3.11. The first-order valence-corrected chi connectivity index (χ1v) is 8.36. The van der Waals surface area contributed by atoms with E-state index in [1.807, 2.05) is 44.2 Å². The molecule has 2 amide bonds. The molecular formula is C19H22N4O2. The number of anilines is 1. The van der Waals surface area contributed by atoms with Crippen LogP contribution in [0.15, 0.2) is 42.7 Å². The van der Waals surface area contributed by atoms with E-state index in [0.29, 0.717) is 5.82 Å². The lowest BCUT2D eigenvalue weighted by atomic mass is 9.93. The van der Waals surface area contributed by atoms with Crippen LogP contribution in [0.5, 0.6) is 0 Å². The zero-order chi connectivity index (χ0) is 18.0. The lowest BCUT2D eigenvalue weighted by Gasteiger charge is -2.32. The van der Waals surface area contributed by atoms with E-state index in [9.17, 15) is 9.59 Å². The summed E-state index contributed by atoms with van der Waals surface area (Å²) in [6.07, 6.45) is 5.50. The van der Waals surface area contributed by atoms with Crippen LogP contribution in [0.25, 0.3) is 6.08 Å². The number of benzene rings is 1. The number of carbonyl (C=O) groups is 2. The van der Waals surface area contributed by atoms with Gasteiger partial charge in [-0.2, -0.15) is 5.10 Å². The monoisotopic (exact) mass is 338 g/mol. The number of rotatable bonds is 4. The molecule has 0 saturated carbocycles. The largest absolute Gasteiger partial charge is 0.311 e. The third kappa shape index (κ3) is 3.47. The maximum absolute atomic E-state index is 12.6. The predicted octanol–water partition coefficient (Wildman–Crippen LogP) is 3.37. The van der Waals surface area contributed by atoms with E-state index < -0.39 is 0 Å². The zero-order valence-corrected chi connectivity index (χ0v) is 14.6. The fourth-order valence-corrected chi connectivity index (χ4v) is 3.11. The summed E-state index contributed by atoms with van der Waals surface area (Å²) < 4.78 is 1.76. The highest BCUT2D eigenvalue weighted by Gasteiger charge is 2.28. The van der Waals surface area contributed by atoms with Crippen LogP contribution in [0, 0.1) is 0 Å². The van der Waals surface area contributed by atoms with Gasteiger partial charge in [-0.05, 0) is 31.1 Å². The summed E-state index contributed by atoms with van der Waals surface area (Å²) in [5, 5.41) is 7.13. The van der Waals surface area contributed by atoms with Crippen molar-refractivity contribution in [3.8, 4) is 0 Å². The highest BCUT2D eigenvalue weighted by atomic mass is 16.2. The molecule has 3 rings (SSSR count). The van der Waals surface area contributed by atoms with Gasteiger partial charge >= 0.3 is 0 Å². The van der Waals surface area contributed by atoms with Crippen molar-refractivity contribution in [2.75, 3.05) is 5.32 Å². The Labute approximate surface area is 147 Å². The first-order valence-electron chi connectivity index (χ1n) is 8.36. The van der Waals surface area contributed by atoms with E-state index in [1.54, 1.807) is 28.0 Å². The molecule has 0 saturated heterocycles. The topological polar surface area (TPSA) is 67.2 Å². The normalized spacial score (nSPS) is 16.0. The molecule has 6 nitrogen and oxygen atoms in total. The molecular weight excluding hydrogens is 316 g/mol. The molecule has 1 unspecified atom stereocenters. The van der Waals surface area contributed by atoms with E-state index in [4.69, 9.17) is 0 Å². The second-order valence-corrected chi connectivity index (χ2v) is 6.39. The van der Waals surface area contributed by atoms with Gasteiger partial charge in [0.15, 0.2) is 0 Å². The van der Waals surface area contributed by atoms with Crippen molar-refractivity contribution in [2.45, 2.75) is 39.3 Å². The first-order chi connectivity index (χ1) is 12.0. The van der Waals surface area contributed by atoms with E-state index in [0.717, 1.165) is 11.1 Å². The number of hydrogen-bond donors (Lipinski definition) is 1. The third-order valence-corrected chi connectivity index (χ3v) is 4.27. The molecule has 2 aromatic rings. The van der Waals surface area contributed by atoms with Gasteiger partial charge in [0.25, 0.3) is 0 Å². The molecule has 0 fully saturated rings. The molecule has 0 aliphatic carbocycles. The van der Waals surface area contributed by atoms with Crippen molar-refractivity contribution in [3.63, 3.8) is 0 Å². The third-order valence-electron chi connectivity index (χ3n) is 4.27. The van der Waals surface area contributed by atoms with Crippen LogP contribution in [0.4, 0.5) is 5.82 Å². The lowest BCUT2D eigenvalue weighted by Crippen LogP contribution is -2.33. The Hall–Kier alpha value is -2.89. The minimum atomic E-state index is -0.311. The molecule has 0 spiro atoms. The number of hydrogen-bond acceptors (Lipinski definition) is 3. The Balaban J connectivity index is 1.82. The molecule has 1 aromatic heterocycles. The maximum Gasteiger partial charge on any atom is 0.227 e. The molecule has 6 heteroatoms. The summed E-state index contributed by atoms with van der Waals surface area (Å²) in [7, 11) is 0.